The summed E-state index contributed by atoms with van der Waals surface area (Å²) in [5.74, 6) is -1.84. The second kappa shape index (κ2) is 11.0. The van der Waals surface area contributed by atoms with E-state index in [1.54, 1.807) is 41.3 Å². The summed E-state index contributed by atoms with van der Waals surface area (Å²) in [5.41, 5.74) is 6.80. The molecular formula is C28H28FN5O3S. The van der Waals surface area contributed by atoms with Crippen LogP contribution in [0.25, 0.3) is 0 Å². The van der Waals surface area contributed by atoms with Gasteiger partial charge >= 0.3 is 0 Å². The summed E-state index contributed by atoms with van der Waals surface area (Å²) >= 11 is 1.33. The predicted octanol–water partition coefficient (Wildman–Crippen LogP) is 4.17. The van der Waals surface area contributed by atoms with Gasteiger partial charge in [-0.3, -0.25) is 19.8 Å². The number of carbonyl (C=O) groups is 3. The van der Waals surface area contributed by atoms with Gasteiger partial charge in [0, 0.05) is 41.0 Å². The Balaban J connectivity index is 1.66. The van der Waals surface area contributed by atoms with Crippen molar-refractivity contribution in [2.24, 2.45) is 11.1 Å². The van der Waals surface area contributed by atoms with Crippen LogP contribution in [0, 0.1) is 16.6 Å². The van der Waals surface area contributed by atoms with Crippen LogP contribution < -0.4 is 16.4 Å². The number of rotatable bonds is 8. The maximum absolute atomic E-state index is 13.4. The lowest BCUT2D eigenvalue weighted by Gasteiger charge is -2.42. The van der Waals surface area contributed by atoms with E-state index in [0.29, 0.717) is 34.9 Å². The summed E-state index contributed by atoms with van der Waals surface area (Å²) in [7, 11) is 0. The molecular weight excluding hydrogens is 505 g/mol. The largest absolute Gasteiger partial charge is 0.383 e. The molecule has 0 unspecified atom stereocenters. The van der Waals surface area contributed by atoms with Crippen LogP contribution in [0.15, 0.2) is 77.3 Å². The SMILES string of the molecule is CC1(C)CN(C(=O)c2cccs2)CC(C(=N)C(=O)Nc2cccc(C(N)=O)c2)=C1NCc1ccc(F)cc1. The molecule has 2 heterocycles. The topological polar surface area (TPSA) is 128 Å². The Kier molecular flexibility index (Phi) is 7.72. The van der Waals surface area contributed by atoms with E-state index >= 15 is 0 Å². The standard InChI is InChI=1S/C28H28FN5O3S/c1-28(2)16-34(27(37)22-7-4-12-38-22)15-21(24(28)32-14-17-8-10-19(29)11-9-17)23(30)26(36)33-20-6-3-5-18(13-20)25(31)35/h3-13,30,32H,14-16H2,1-2H3,(H2,31,35)(H,33,36). The maximum Gasteiger partial charge on any atom is 0.273 e. The Labute approximate surface area is 223 Å². The average molecular weight is 534 g/mol. The monoisotopic (exact) mass is 533 g/mol. The van der Waals surface area contributed by atoms with Crippen molar-refractivity contribution in [1.82, 2.24) is 10.2 Å². The number of carbonyl (C=O) groups excluding carboxylic acids is 3. The molecule has 0 radical (unpaired) electrons. The van der Waals surface area contributed by atoms with E-state index in [9.17, 15) is 18.8 Å². The third-order valence-electron chi connectivity index (χ3n) is 6.25. The van der Waals surface area contributed by atoms with Crippen molar-refractivity contribution in [2.45, 2.75) is 20.4 Å². The molecule has 196 valence electrons. The van der Waals surface area contributed by atoms with Gasteiger partial charge in [-0.25, -0.2) is 4.39 Å². The highest BCUT2D eigenvalue weighted by atomic mass is 32.1. The molecule has 1 aliphatic heterocycles. The number of primary amides is 1. The average Bonchev–Trinajstić information content (AvgIpc) is 3.42. The summed E-state index contributed by atoms with van der Waals surface area (Å²) in [5, 5.41) is 16.7. The minimum Gasteiger partial charge on any atom is -0.383 e. The van der Waals surface area contributed by atoms with Crippen LogP contribution in [0.4, 0.5) is 10.1 Å². The van der Waals surface area contributed by atoms with Crippen molar-refractivity contribution in [3.05, 3.63) is 99.1 Å². The van der Waals surface area contributed by atoms with E-state index in [0.717, 1.165) is 5.56 Å². The van der Waals surface area contributed by atoms with Crippen LogP contribution in [0.2, 0.25) is 0 Å². The molecule has 3 amide bonds. The van der Waals surface area contributed by atoms with E-state index in [1.165, 1.54) is 35.6 Å². The van der Waals surface area contributed by atoms with Crippen LogP contribution in [0.5, 0.6) is 0 Å². The molecule has 2 aromatic carbocycles. The van der Waals surface area contributed by atoms with Crippen molar-refractivity contribution < 1.29 is 18.8 Å². The van der Waals surface area contributed by atoms with Crippen molar-refractivity contribution in [3.8, 4) is 0 Å². The third kappa shape index (κ3) is 5.97. The van der Waals surface area contributed by atoms with Gasteiger partial charge in [0.15, 0.2) is 0 Å². The van der Waals surface area contributed by atoms with E-state index in [4.69, 9.17) is 11.1 Å². The molecule has 10 heteroatoms. The molecule has 0 saturated heterocycles. The Hall–Kier alpha value is -4.31. The molecule has 8 nitrogen and oxygen atoms in total. The highest BCUT2D eigenvalue weighted by Crippen LogP contribution is 2.35. The highest BCUT2D eigenvalue weighted by molar-refractivity contribution is 7.12. The zero-order valence-corrected chi connectivity index (χ0v) is 21.8. The van der Waals surface area contributed by atoms with Gasteiger partial charge in [0.1, 0.15) is 11.5 Å². The number of benzene rings is 2. The van der Waals surface area contributed by atoms with Gasteiger partial charge in [0.2, 0.25) is 5.91 Å². The van der Waals surface area contributed by atoms with Gasteiger partial charge in [-0.2, -0.15) is 0 Å². The number of amides is 3. The van der Waals surface area contributed by atoms with Crippen LogP contribution in [0.1, 0.15) is 39.4 Å². The predicted molar refractivity (Wildman–Crippen MR) is 146 cm³/mol. The Morgan fingerprint density at radius 1 is 1.11 bits per heavy atom. The molecule has 0 fully saturated rings. The zero-order chi connectivity index (χ0) is 27.4. The zero-order valence-electron chi connectivity index (χ0n) is 21.0. The van der Waals surface area contributed by atoms with Gasteiger partial charge in [0.25, 0.3) is 11.8 Å². The fraction of sp³-hybridized carbons (Fsp3) is 0.214. The fourth-order valence-electron chi connectivity index (χ4n) is 4.41. The Bertz CT molecular complexity index is 1410. The maximum atomic E-state index is 13.4. The molecule has 4 rings (SSSR count). The number of thiophene rings is 1. The Morgan fingerprint density at radius 3 is 2.50 bits per heavy atom. The number of nitrogens with one attached hydrogen (secondary N) is 3. The van der Waals surface area contributed by atoms with Crippen LogP contribution >= 0.6 is 11.3 Å². The highest BCUT2D eigenvalue weighted by Gasteiger charge is 2.39. The molecule has 0 aliphatic carbocycles. The van der Waals surface area contributed by atoms with Crippen LogP contribution in [-0.4, -0.2) is 41.4 Å². The van der Waals surface area contributed by atoms with Crippen molar-refractivity contribution in [2.75, 3.05) is 18.4 Å². The van der Waals surface area contributed by atoms with Gasteiger partial charge < -0.3 is 21.3 Å². The molecule has 38 heavy (non-hydrogen) atoms. The summed E-state index contributed by atoms with van der Waals surface area (Å²) in [6.07, 6.45) is 0. The molecule has 0 saturated carbocycles. The van der Waals surface area contributed by atoms with E-state index in [2.05, 4.69) is 10.6 Å². The van der Waals surface area contributed by atoms with Gasteiger partial charge in [-0.1, -0.05) is 38.1 Å². The second-order valence-electron chi connectivity index (χ2n) is 9.63. The number of nitrogens with two attached hydrogens (primary N) is 1. The smallest absolute Gasteiger partial charge is 0.273 e. The van der Waals surface area contributed by atoms with E-state index < -0.39 is 17.2 Å². The molecule has 3 aromatic rings. The van der Waals surface area contributed by atoms with Crippen LogP contribution in [0.3, 0.4) is 0 Å². The number of hydrogen-bond donors (Lipinski definition) is 4. The van der Waals surface area contributed by atoms with Gasteiger partial charge in [-0.15, -0.1) is 11.3 Å². The molecule has 1 aromatic heterocycles. The van der Waals surface area contributed by atoms with Crippen LogP contribution in [-0.2, 0) is 11.3 Å². The van der Waals surface area contributed by atoms with E-state index in [1.807, 2.05) is 19.2 Å². The third-order valence-corrected chi connectivity index (χ3v) is 7.11. The lowest BCUT2D eigenvalue weighted by molar-refractivity contribution is -0.110. The number of halogens is 1. The molecule has 5 N–H and O–H groups in total. The summed E-state index contributed by atoms with van der Waals surface area (Å²) < 4.78 is 13.4. The van der Waals surface area contributed by atoms with E-state index in [-0.39, 0.29) is 29.5 Å². The number of nitrogens with zero attached hydrogens (tertiary/aromatic N) is 1. The fourth-order valence-corrected chi connectivity index (χ4v) is 5.10. The first-order valence-electron chi connectivity index (χ1n) is 11.9. The first kappa shape index (κ1) is 26.7. The van der Waals surface area contributed by atoms with Crippen molar-refractivity contribution >= 4 is 40.5 Å². The van der Waals surface area contributed by atoms with Crippen molar-refractivity contribution in [1.29, 1.82) is 5.41 Å². The molecule has 0 spiro atoms. The molecule has 1 aliphatic rings. The summed E-state index contributed by atoms with van der Waals surface area (Å²) in [4.78, 5) is 40.2. The van der Waals surface area contributed by atoms with Gasteiger partial charge in [-0.05, 0) is 47.3 Å². The Morgan fingerprint density at radius 2 is 1.84 bits per heavy atom. The quantitative estimate of drug-likeness (QED) is 0.324. The van der Waals surface area contributed by atoms with Crippen molar-refractivity contribution in [3.63, 3.8) is 0 Å². The first-order valence-corrected chi connectivity index (χ1v) is 12.8. The lowest BCUT2D eigenvalue weighted by Crippen LogP contribution is -2.50. The second-order valence-corrected chi connectivity index (χ2v) is 10.6. The minimum absolute atomic E-state index is 0.0551. The number of anilines is 1. The molecule has 0 atom stereocenters. The normalized spacial score (nSPS) is 14.7. The van der Waals surface area contributed by atoms with Gasteiger partial charge in [0.05, 0.1) is 11.4 Å². The molecule has 0 bridgehead atoms. The minimum atomic E-state index is -0.691. The summed E-state index contributed by atoms with van der Waals surface area (Å²) in [6.45, 7) is 4.65. The first-order chi connectivity index (χ1) is 18.0. The lowest BCUT2D eigenvalue weighted by atomic mass is 9.80. The number of hydrogen-bond acceptors (Lipinski definition) is 6. The summed E-state index contributed by atoms with van der Waals surface area (Å²) in [6, 6.07) is 15.8.